The van der Waals surface area contributed by atoms with E-state index in [2.05, 4.69) is 10.6 Å². The van der Waals surface area contributed by atoms with Gasteiger partial charge in [0.2, 0.25) is 5.91 Å². The van der Waals surface area contributed by atoms with Crippen LogP contribution in [-0.4, -0.2) is 24.4 Å². The fourth-order valence-electron chi connectivity index (χ4n) is 1.94. The lowest BCUT2D eigenvalue weighted by molar-refractivity contribution is -0.124. The maximum absolute atomic E-state index is 11.9. The summed E-state index contributed by atoms with van der Waals surface area (Å²) in [5.41, 5.74) is 7.01. The van der Waals surface area contributed by atoms with Crippen LogP contribution in [0.1, 0.15) is 28.8 Å². The minimum absolute atomic E-state index is 0. The van der Waals surface area contributed by atoms with Crippen molar-refractivity contribution in [1.82, 2.24) is 10.6 Å². The molecule has 1 aromatic carbocycles. The number of halogens is 1. The second-order valence-corrected chi connectivity index (χ2v) is 4.36. The molecule has 1 aliphatic heterocycles. The van der Waals surface area contributed by atoms with Crippen LogP contribution in [0.15, 0.2) is 24.3 Å². The second-order valence-electron chi connectivity index (χ2n) is 4.36. The van der Waals surface area contributed by atoms with E-state index in [9.17, 15) is 9.59 Å². The van der Waals surface area contributed by atoms with Gasteiger partial charge in [0, 0.05) is 18.7 Å². The van der Waals surface area contributed by atoms with E-state index in [-0.39, 0.29) is 24.2 Å². The minimum Gasteiger partial charge on any atom is -0.354 e. The molecule has 1 unspecified atom stereocenters. The number of amides is 2. The highest BCUT2D eigenvalue weighted by atomic mass is 35.5. The first kappa shape index (κ1) is 15.5. The third-order valence-electron chi connectivity index (χ3n) is 3.04. The first-order valence-electron chi connectivity index (χ1n) is 6.08. The van der Waals surface area contributed by atoms with Crippen molar-refractivity contribution in [1.29, 1.82) is 0 Å². The molecule has 5 nitrogen and oxygen atoms in total. The first-order valence-corrected chi connectivity index (χ1v) is 6.08. The molecule has 0 radical (unpaired) electrons. The Morgan fingerprint density at radius 2 is 2.05 bits per heavy atom. The second kappa shape index (κ2) is 7.11. The Kier molecular flexibility index (Phi) is 5.79. The largest absolute Gasteiger partial charge is 0.354 e. The van der Waals surface area contributed by atoms with E-state index in [0.717, 1.165) is 12.0 Å². The van der Waals surface area contributed by atoms with Crippen molar-refractivity contribution in [2.24, 2.45) is 5.73 Å². The molecule has 6 heteroatoms. The van der Waals surface area contributed by atoms with E-state index in [1.807, 2.05) is 12.1 Å². The average molecular weight is 284 g/mol. The van der Waals surface area contributed by atoms with Gasteiger partial charge in [-0.3, -0.25) is 9.59 Å². The fourth-order valence-corrected chi connectivity index (χ4v) is 1.94. The Bertz CT molecular complexity index is 448. The standard InChI is InChI=1S/C13H17N3O2.ClH/c14-8-9-3-5-10(6-4-9)12(17)16-11-2-1-7-15-13(11)18;/h3-6,11H,1-2,7-8,14H2,(H,15,18)(H,16,17);1H. The third-order valence-corrected chi connectivity index (χ3v) is 3.04. The molecule has 1 aliphatic rings. The minimum atomic E-state index is -0.416. The fraction of sp³-hybridized carbons (Fsp3) is 0.385. The van der Waals surface area contributed by atoms with Crippen molar-refractivity contribution in [3.8, 4) is 0 Å². The van der Waals surface area contributed by atoms with Gasteiger partial charge in [-0.1, -0.05) is 12.1 Å². The molecular formula is C13H18ClN3O2. The van der Waals surface area contributed by atoms with E-state index >= 15 is 0 Å². The summed E-state index contributed by atoms with van der Waals surface area (Å²) >= 11 is 0. The normalized spacial score (nSPS) is 18.2. The van der Waals surface area contributed by atoms with Crippen LogP contribution < -0.4 is 16.4 Å². The Labute approximate surface area is 118 Å². The SMILES string of the molecule is Cl.NCc1ccc(C(=O)NC2CCCNC2=O)cc1. The molecular weight excluding hydrogens is 266 g/mol. The van der Waals surface area contributed by atoms with Crippen LogP contribution in [0, 0.1) is 0 Å². The molecule has 1 aromatic rings. The monoisotopic (exact) mass is 283 g/mol. The maximum Gasteiger partial charge on any atom is 0.251 e. The summed E-state index contributed by atoms with van der Waals surface area (Å²) < 4.78 is 0. The average Bonchev–Trinajstić information content (AvgIpc) is 2.41. The number of nitrogens with one attached hydrogen (secondary N) is 2. The molecule has 2 amide bonds. The summed E-state index contributed by atoms with van der Waals surface area (Å²) in [4.78, 5) is 23.5. The predicted molar refractivity (Wildman–Crippen MR) is 75.1 cm³/mol. The van der Waals surface area contributed by atoms with Gasteiger partial charge in [-0.15, -0.1) is 12.4 Å². The quantitative estimate of drug-likeness (QED) is 0.758. The number of piperidine rings is 1. The van der Waals surface area contributed by atoms with E-state index in [1.54, 1.807) is 12.1 Å². The van der Waals surface area contributed by atoms with Crippen molar-refractivity contribution in [3.63, 3.8) is 0 Å². The van der Waals surface area contributed by atoms with Crippen LogP contribution in [0.25, 0.3) is 0 Å². The van der Waals surface area contributed by atoms with E-state index in [4.69, 9.17) is 5.73 Å². The first-order chi connectivity index (χ1) is 8.70. The molecule has 1 fully saturated rings. The summed E-state index contributed by atoms with van der Waals surface area (Å²) in [7, 11) is 0. The number of nitrogens with two attached hydrogens (primary N) is 1. The molecule has 104 valence electrons. The van der Waals surface area contributed by atoms with Crippen molar-refractivity contribution < 1.29 is 9.59 Å². The molecule has 1 atom stereocenters. The zero-order chi connectivity index (χ0) is 13.0. The number of hydrogen-bond donors (Lipinski definition) is 3. The van der Waals surface area contributed by atoms with Crippen LogP contribution in [0.5, 0.6) is 0 Å². The van der Waals surface area contributed by atoms with Crippen molar-refractivity contribution in [2.75, 3.05) is 6.54 Å². The Balaban J connectivity index is 0.00000180. The molecule has 0 aromatic heterocycles. The molecule has 1 saturated heterocycles. The third kappa shape index (κ3) is 3.94. The van der Waals surface area contributed by atoms with Gasteiger partial charge in [0.1, 0.15) is 6.04 Å². The highest BCUT2D eigenvalue weighted by Crippen LogP contribution is 2.07. The smallest absolute Gasteiger partial charge is 0.251 e. The lowest BCUT2D eigenvalue weighted by atomic mass is 10.1. The van der Waals surface area contributed by atoms with Gasteiger partial charge in [-0.25, -0.2) is 0 Å². The molecule has 1 heterocycles. The van der Waals surface area contributed by atoms with Crippen LogP contribution in [0.3, 0.4) is 0 Å². The summed E-state index contributed by atoms with van der Waals surface area (Å²) in [6, 6.07) is 6.66. The van der Waals surface area contributed by atoms with E-state index in [0.29, 0.717) is 25.1 Å². The van der Waals surface area contributed by atoms with Crippen molar-refractivity contribution >= 4 is 24.2 Å². The predicted octanol–water partition coefficient (Wildman–Crippen LogP) is 0.575. The van der Waals surface area contributed by atoms with Gasteiger partial charge >= 0.3 is 0 Å². The highest BCUT2D eigenvalue weighted by Gasteiger charge is 2.23. The van der Waals surface area contributed by atoms with Gasteiger partial charge in [0.25, 0.3) is 5.91 Å². The van der Waals surface area contributed by atoms with Crippen molar-refractivity contribution in [3.05, 3.63) is 35.4 Å². The highest BCUT2D eigenvalue weighted by molar-refractivity contribution is 5.97. The van der Waals surface area contributed by atoms with Crippen LogP contribution in [-0.2, 0) is 11.3 Å². The number of hydrogen-bond acceptors (Lipinski definition) is 3. The van der Waals surface area contributed by atoms with E-state index in [1.165, 1.54) is 0 Å². The Hall–Kier alpha value is -1.59. The molecule has 0 bridgehead atoms. The zero-order valence-electron chi connectivity index (χ0n) is 10.5. The summed E-state index contributed by atoms with van der Waals surface area (Å²) in [6.45, 7) is 1.14. The topological polar surface area (TPSA) is 84.2 Å². The van der Waals surface area contributed by atoms with E-state index < -0.39 is 6.04 Å². The molecule has 2 rings (SSSR count). The summed E-state index contributed by atoms with van der Waals surface area (Å²) in [6.07, 6.45) is 1.58. The van der Waals surface area contributed by atoms with Crippen molar-refractivity contribution in [2.45, 2.75) is 25.4 Å². The Morgan fingerprint density at radius 3 is 2.63 bits per heavy atom. The van der Waals surface area contributed by atoms with Gasteiger partial charge in [0.15, 0.2) is 0 Å². The molecule has 0 spiro atoms. The van der Waals surface area contributed by atoms with Crippen LogP contribution in [0.4, 0.5) is 0 Å². The molecule has 0 aliphatic carbocycles. The number of carbonyl (C=O) groups excluding carboxylic acids is 2. The maximum atomic E-state index is 11.9. The molecule has 19 heavy (non-hydrogen) atoms. The molecule has 0 saturated carbocycles. The molecule has 4 N–H and O–H groups in total. The van der Waals surface area contributed by atoms with Gasteiger partial charge in [-0.05, 0) is 30.5 Å². The van der Waals surface area contributed by atoms with Gasteiger partial charge in [0.05, 0.1) is 0 Å². The number of rotatable bonds is 3. The summed E-state index contributed by atoms with van der Waals surface area (Å²) in [5.74, 6) is -0.325. The van der Waals surface area contributed by atoms with Gasteiger partial charge in [-0.2, -0.15) is 0 Å². The zero-order valence-corrected chi connectivity index (χ0v) is 11.3. The lowest BCUT2D eigenvalue weighted by Crippen LogP contribution is -2.50. The van der Waals surface area contributed by atoms with Crippen LogP contribution in [0.2, 0.25) is 0 Å². The van der Waals surface area contributed by atoms with Gasteiger partial charge < -0.3 is 16.4 Å². The lowest BCUT2D eigenvalue weighted by Gasteiger charge is -2.22. The number of benzene rings is 1. The number of carbonyl (C=O) groups is 2. The van der Waals surface area contributed by atoms with Crippen LogP contribution >= 0.6 is 12.4 Å². The summed E-state index contributed by atoms with van der Waals surface area (Å²) in [5, 5.41) is 5.48. The Morgan fingerprint density at radius 1 is 1.37 bits per heavy atom.